The molecule has 0 aliphatic rings. The van der Waals surface area contributed by atoms with Gasteiger partial charge in [0, 0.05) is 0 Å². The molecule has 6 heteroatoms. The summed E-state index contributed by atoms with van der Waals surface area (Å²) in [7, 11) is 0. The van der Waals surface area contributed by atoms with Crippen molar-refractivity contribution >= 4 is 29.2 Å². The van der Waals surface area contributed by atoms with Crippen molar-refractivity contribution in [3.8, 4) is 0 Å². The number of halogens is 1. The molecule has 0 saturated heterocycles. The lowest BCUT2D eigenvalue weighted by Gasteiger charge is -2.12. The number of carboxylic acid groups (broad SMARTS) is 1. The van der Waals surface area contributed by atoms with Crippen LogP contribution in [0.2, 0.25) is 5.02 Å². The Balaban J connectivity index is 2.79. The SMILES string of the molecule is CCC[C@@H](N)C(=O)Nc1ccc(C(=O)O)cc1Cl. The average Bonchev–Trinajstić information content (AvgIpc) is 2.31. The molecule has 0 saturated carbocycles. The van der Waals surface area contributed by atoms with Crippen LogP contribution in [0.15, 0.2) is 18.2 Å². The maximum Gasteiger partial charge on any atom is 0.335 e. The molecular formula is C12H15ClN2O3. The van der Waals surface area contributed by atoms with E-state index in [1.165, 1.54) is 18.2 Å². The number of carboxylic acids is 1. The van der Waals surface area contributed by atoms with E-state index in [2.05, 4.69) is 5.32 Å². The van der Waals surface area contributed by atoms with Gasteiger partial charge in [-0.1, -0.05) is 24.9 Å². The highest BCUT2D eigenvalue weighted by atomic mass is 35.5. The van der Waals surface area contributed by atoms with Crippen molar-refractivity contribution in [1.82, 2.24) is 0 Å². The molecule has 0 fully saturated rings. The van der Waals surface area contributed by atoms with Gasteiger partial charge < -0.3 is 16.2 Å². The van der Waals surface area contributed by atoms with Gasteiger partial charge >= 0.3 is 5.97 Å². The van der Waals surface area contributed by atoms with Crippen LogP contribution in [-0.4, -0.2) is 23.0 Å². The molecule has 0 aliphatic heterocycles. The van der Waals surface area contributed by atoms with Crippen LogP contribution in [0.5, 0.6) is 0 Å². The number of amides is 1. The predicted octanol–water partition coefficient (Wildman–Crippen LogP) is 2.10. The van der Waals surface area contributed by atoms with E-state index < -0.39 is 12.0 Å². The lowest BCUT2D eigenvalue weighted by Crippen LogP contribution is -2.35. The minimum absolute atomic E-state index is 0.0656. The summed E-state index contributed by atoms with van der Waals surface area (Å²) >= 11 is 5.88. The van der Waals surface area contributed by atoms with Gasteiger partial charge in [-0.15, -0.1) is 0 Å². The van der Waals surface area contributed by atoms with Crippen molar-refractivity contribution in [2.75, 3.05) is 5.32 Å². The average molecular weight is 271 g/mol. The normalized spacial score (nSPS) is 11.9. The first kappa shape index (κ1) is 14.5. The van der Waals surface area contributed by atoms with E-state index in [0.29, 0.717) is 12.1 Å². The van der Waals surface area contributed by atoms with Gasteiger partial charge in [-0.05, 0) is 24.6 Å². The molecule has 18 heavy (non-hydrogen) atoms. The first-order valence-corrected chi connectivity index (χ1v) is 5.92. The van der Waals surface area contributed by atoms with Gasteiger partial charge in [-0.3, -0.25) is 4.79 Å². The van der Waals surface area contributed by atoms with Crippen molar-refractivity contribution in [2.45, 2.75) is 25.8 Å². The van der Waals surface area contributed by atoms with Crippen molar-refractivity contribution in [3.05, 3.63) is 28.8 Å². The molecule has 1 amide bonds. The fourth-order valence-corrected chi connectivity index (χ4v) is 1.64. The Morgan fingerprint density at radius 1 is 1.50 bits per heavy atom. The fourth-order valence-electron chi connectivity index (χ4n) is 1.42. The van der Waals surface area contributed by atoms with Crippen LogP contribution in [0, 0.1) is 0 Å². The van der Waals surface area contributed by atoms with Gasteiger partial charge in [0.25, 0.3) is 0 Å². The monoisotopic (exact) mass is 270 g/mol. The minimum Gasteiger partial charge on any atom is -0.478 e. The van der Waals surface area contributed by atoms with Gasteiger partial charge in [-0.2, -0.15) is 0 Å². The number of hydrogen-bond acceptors (Lipinski definition) is 3. The quantitative estimate of drug-likeness (QED) is 0.764. The highest BCUT2D eigenvalue weighted by Crippen LogP contribution is 2.23. The maximum atomic E-state index is 11.7. The van der Waals surface area contributed by atoms with Crippen molar-refractivity contribution in [2.24, 2.45) is 5.73 Å². The molecule has 5 nitrogen and oxygen atoms in total. The van der Waals surface area contributed by atoms with Gasteiger partial charge in [0.2, 0.25) is 5.91 Å². The van der Waals surface area contributed by atoms with Crippen LogP contribution < -0.4 is 11.1 Å². The molecule has 0 radical (unpaired) electrons. The Morgan fingerprint density at radius 3 is 2.67 bits per heavy atom. The molecule has 0 heterocycles. The van der Waals surface area contributed by atoms with Gasteiger partial charge in [0.15, 0.2) is 0 Å². The first-order chi connectivity index (χ1) is 8.45. The van der Waals surface area contributed by atoms with Crippen LogP contribution in [-0.2, 0) is 4.79 Å². The van der Waals surface area contributed by atoms with Crippen LogP contribution in [0.1, 0.15) is 30.1 Å². The van der Waals surface area contributed by atoms with Crippen molar-refractivity contribution in [3.63, 3.8) is 0 Å². The van der Waals surface area contributed by atoms with Gasteiger partial charge in [0.05, 0.1) is 22.3 Å². The number of rotatable bonds is 5. The second-order valence-electron chi connectivity index (χ2n) is 3.88. The molecule has 0 unspecified atom stereocenters. The Bertz CT molecular complexity index is 463. The third-order valence-corrected chi connectivity index (χ3v) is 2.72. The van der Waals surface area contributed by atoms with Crippen molar-refractivity contribution in [1.29, 1.82) is 0 Å². The molecule has 0 bridgehead atoms. The van der Waals surface area contributed by atoms with E-state index in [9.17, 15) is 9.59 Å². The summed E-state index contributed by atoms with van der Waals surface area (Å²) in [5.74, 6) is -1.40. The minimum atomic E-state index is -1.07. The summed E-state index contributed by atoms with van der Waals surface area (Å²) in [6, 6.07) is 3.51. The van der Waals surface area contributed by atoms with E-state index in [1.54, 1.807) is 0 Å². The van der Waals surface area contributed by atoms with E-state index >= 15 is 0 Å². The maximum absolute atomic E-state index is 11.7. The lowest BCUT2D eigenvalue weighted by atomic mass is 10.1. The number of benzene rings is 1. The number of carbonyl (C=O) groups is 2. The Kier molecular flexibility index (Phi) is 5.12. The molecule has 4 N–H and O–H groups in total. The third-order valence-electron chi connectivity index (χ3n) is 2.41. The largest absolute Gasteiger partial charge is 0.478 e. The second-order valence-corrected chi connectivity index (χ2v) is 4.29. The summed E-state index contributed by atoms with van der Waals surface area (Å²) in [5, 5.41) is 11.5. The van der Waals surface area contributed by atoms with Crippen molar-refractivity contribution < 1.29 is 14.7 Å². The summed E-state index contributed by atoms with van der Waals surface area (Å²) < 4.78 is 0. The summed E-state index contributed by atoms with van der Waals surface area (Å²) in [5.41, 5.74) is 6.08. The summed E-state index contributed by atoms with van der Waals surface area (Å²) in [4.78, 5) is 22.4. The Hall–Kier alpha value is -1.59. The molecule has 1 aromatic rings. The van der Waals surface area contributed by atoms with Gasteiger partial charge in [0.1, 0.15) is 0 Å². The molecule has 1 rings (SSSR count). The van der Waals surface area contributed by atoms with Crippen LogP contribution in [0.3, 0.4) is 0 Å². The number of hydrogen-bond donors (Lipinski definition) is 3. The smallest absolute Gasteiger partial charge is 0.335 e. The number of carbonyl (C=O) groups excluding carboxylic acids is 1. The van der Waals surface area contributed by atoms with Gasteiger partial charge in [-0.25, -0.2) is 4.79 Å². The second kappa shape index (κ2) is 6.37. The highest BCUT2D eigenvalue weighted by molar-refractivity contribution is 6.34. The van der Waals surface area contributed by atoms with E-state index in [0.717, 1.165) is 6.42 Å². The standard InChI is InChI=1S/C12H15ClN2O3/c1-2-3-9(14)11(16)15-10-5-4-7(12(17)18)6-8(10)13/h4-6,9H,2-3,14H2,1H3,(H,15,16)(H,17,18)/t9-/m1/s1. The molecule has 98 valence electrons. The molecular weight excluding hydrogens is 256 g/mol. The number of aromatic carboxylic acids is 1. The Labute approximate surface area is 110 Å². The molecule has 0 aromatic heterocycles. The topological polar surface area (TPSA) is 92.4 Å². The van der Waals surface area contributed by atoms with E-state index in [1.807, 2.05) is 6.92 Å². The van der Waals surface area contributed by atoms with Crippen LogP contribution >= 0.6 is 11.6 Å². The van der Waals surface area contributed by atoms with Crippen LogP contribution in [0.25, 0.3) is 0 Å². The van der Waals surface area contributed by atoms with E-state index in [4.69, 9.17) is 22.4 Å². The first-order valence-electron chi connectivity index (χ1n) is 5.55. The zero-order valence-corrected chi connectivity index (χ0v) is 10.7. The third kappa shape index (κ3) is 3.72. The van der Waals surface area contributed by atoms with E-state index in [-0.39, 0.29) is 16.5 Å². The number of anilines is 1. The van der Waals surface area contributed by atoms with Crippen LogP contribution in [0.4, 0.5) is 5.69 Å². The summed E-state index contributed by atoms with van der Waals surface area (Å²) in [6.07, 6.45) is 1.39. The fraction of sp³-hybridized carbons (Fsp3) is 0.333. The summed E-state index contributed by atoms with van der Waals surface area (Å²) in [6.45, 7) is 1.93. The Morgan fingerprint density at radius 2 is 2.17 bits per heavy atom. The number of nitrogens with two attached hydrogens (primary N) is 1. The molecule has 1 aromatic carbocycles. The molecule has 0 aliphatic carbocycles. The number of nitrogens with one attached hydrogen (secondary N) is 1. The zero-order valence-electron chi connectivity index (χ0n) is 9.94. The zero-order chi connectivity index (χ0) is 13.7. The molecule has 1 atom stereocenters. The lowest BCUT2D eigenvalue weighted by molar-refractivity contribution is -0.117. The predicted molar refractivity (Wildman–Crippen MR) is 69.9 cm³/mol. The highest BCUT2D eigenvalue weighted by Gasteiger charge is 2.14. The molecule has 0 spiro atoms.